The summed E-state index contributed by atoms with van der Waals surface area (Å²) < 4.78 is 50.9. The van der Waals surface area contributed by atoms with Crippen molar-refractivity contribution in [2.75, 3.05) is 39.6 Å². The van der Waals surface area contributed by atoms with E-state index in [0.29, 0.717) is 0 Å². The van der Waals surface area contributed by atoms with Crippen molar-refractivity contribution in [3.63, 3.8) is 0 Å². The highest BCUT2D eigenvalue weighted by Gasteiger charge is 2.56. The molecule has 0 aliphatic carbocycles. The van der Waals surface area contributed by atoms with Crippen LogP contribution in [-0.4, -0.2) is 286 Å². The lowest BCUT2D eigenvalue weighted by molar-refractivity contribution is -0.395. The first-order chi connectivity index (χ1) is 28.4. The second kappa shape index (κ2) is 21.4. The first-order valence-electron chi connectivity index (χ1n) is 18.8. The van der Waals surface area contributed by atoms with E-state index in [1.54, 1.807) is 0 Å². The van der Waals surface area contributed by atoms with Crippen molar-refractivity contribution in [1.82, 2.24) is 5.32 Å². The van der Waals surface area contributed by atoms with Crippen LogP contribution in [-0.2, 0) is 47.4 Å². The number of aliphatic hydroxyl groups is 17. The maximum absolute atomic E-state index is 12.1. The van der Waals surface area contributed by atoms with Crippen molar-refractivity contribution in [3.8, 4) is 0 Å². The molecule has 0 radical (unpaired) electrons. The molecule has 1 amide bonds. The Morgan fingerprint density at radius 3 is 1.48 bits per heavy atom. The normalized spacial score (nSPS) is 49.4. The summed E-state index contributed by atoms with van der Waals surface area (Å²) in [6, 6.07) is -1.76. The highest BCUT2D eigenvalue weighted by Crippen LogP contribution is 2.36. The van der Waals surface area contributed by atoms with Crippen molar-refractivity contribution in [1.29, 1.82) is 0 Å². The van der Waals surface area contributed by atoms with Crippen molar-refractivity contribution >= 4 is 5.91 Å². The van der Waals surface area contributed by atoms with E-state index in [1.807, 2.05) is 0 Å². The quantitative estimate of drug-likeness (QED) is 0.0684. The van der Waals surface area contributed by atoms with E-state index in [9.17, 15) is 91.6 Å². The van der Waals surface area contributed by atoms with Crippen molar-refractivity contribution in [3.05, 3.63) is 0 Å². The molecule has 0 aromatic heterocycles. The minimum Gasteiger partial charge on any atom is -0.394 e. The van der Waals surface area contributed by atoms with Gasteiger partial charge in [-0.25, -0.2) is 0 Å². The van der Waals surface area contributed by atoms with Gasteiger partial charge in [-0.05, 0) is 0 Å². The summed E-state index contributed by atoms with van der Waals surface area (Å²) >= 11 is 0. The minimum absolute atomic E-state index is 0.908. The predicted molar refractivity (Wildman–Crippen MR) is 180 cm³/mol. The highest BCUT2D eigenvalue weighted by molar-refractivity contribution is 5.77. The van der Waals surface area contributed by atoms with Crippen molar-refractivity contribution < 1.29 is 134 Å². The maximum Gasteiger partial charge on any atom is 0.246 e. The van der Waals surface area contributed by atoms with Crippen LogP contribution < -0.4 is 5.32 Å². The molecule has 0 spiro atoms. The zero-order valence-electron chi connectivity index (χ0n) is 31.4. The molecule has 5 aliphatic rings. The van der Waals surface area contributed by atoms with Crippen LogP contribution in [0.5, 0.6) is 0 Å². The largest absolute Gasteiger partial charge is 0.394 e. The molecule has 5 saturated heterocycles. The Morgan fingerprint density at radius 1 is 0.500 bits per heavy atom. The first-order valence-corrected chi connectivity index (χ1v) is 18.8. The molecule has 60 heavy (non-hydrogen) atoms. The molecule has 28 heteroatoms. The van der Waals surface area contributed by atoms with Crippen LogP contribution in [0.1, 0.15) is 0 Å². The van der Waals surface area contributed by atoms with Gasteiger partial charge in [-0.3, -0.25) is 4.79 Å². The molecule has 18 N–H and O–H groups in total. The molecule has 5 aliphatic heterocycles. The third-order valence-corrected chi connectivity index (χ3v) is 10.8. The number of amides is 1. The number of carbonyl (C=O) groups is 1. The van der Waals surface area contributed by atoms with E-state index in [2.05, 4.69) is 5.32 Å². The lowest BCUT2D eigenvalue weighted by Crippen LogP contribution is -2.68. The number of hydrogen-bond acceptors (Lipinski definition) is 27. The zero-order valence-corrected chi connectivity index (χ0v) is 31.4. The van der Waals surface area contributed by atoms with Gasteiger partial charge in [-0.2, -0.15) is 0 Å². The predicted octanol–water partition coefficient (Wildman–Crippen LogP) is -12.8. The zero-order chi connectivity index (χ0) is 44.3. The molecule has 25 atom stereocenters. The van der Waals surface area contributed by atoms with Gasteiger partial charge in [0.05, 0.1) is 33.0 Å². The van der Waals surface area contributed by atoms with Crippen LogP contribution in [0.4, 0.5) is 0 Å². The van der Waals surface area contributed by atoms with Gasteiger partial charge in [-0.1, -0.05) is 0 Å². The number of rotatable bonds is 16. The number of aliphatic hydroxyl groups excluding tert-OH is 17. The van der Waals surface area contributed by atoms with Crippen LogP contribution >= 0.6 is 0 Å². The van der Waals surface area contributed by atoms with Gasteiger partial charge in [-0.15, -0.1) is 0 Å². The summed E-state index contributed by atoms with van der Waals surface area (Å²) in [5, 5.41) is 178. The van der Waals surface area contributed by atoms with Crippen molar-refractivity contribution in [2.24, 2.45) is 0 Å². The molecule has 28 nitrogen and oxygen atoms in total. The third kappa shape index (κ3) is 10.3. The number of nitrogens with one attached hydrogen (secondary N) is 1. The Morgan fingerprint density at radius 2 is 0.967 bits per heavy atom. The molecular weight excluding hydrogens is 830 g/mol. The number of hydrogen-bond donors (Lipinski definition) is 18. The summed E-state index contributed by atoms with van der Waals surface area (Å²) in [7, 11) is 0. The van der Waals surface area contributed by atoms with Crippen LogP contribution in [0, 0.1) is 0 Å². The SMILES string of the molecule is O=C(CO)N[C@@H]1[C@H](O)[C@@H](O[C@@H]2O[C@@H]([C@H](O)CO)[C@H](O)[C@H]2O)[C@H](CO[C@@H]2O[C@H](CO)[C@H](O)[C@H](O[C@H]3O[C@@H](CO)[C@@H](O)[C@@H](O)[C@@H]3O)[C@H]2O[C@@H]2O[C@H](CO)[C@H](O)[C@H](O)[C@H]2O)O[C@H]1O. The Kier molecular flexibility index (Phi) is 17.6. The van der Waals surface area contributed by atoms with Gasteiger partial charge in [0.2, 0.25) is 5.91 Å². The molecular formula is C32H55NO27. The fourth-order valence-electron chi connectivity index (χ4n) is 7.32. The lowest BCUT2D eigenvalue weighted by atomic mass is 9.95. The second-order valence-electron chi connectivity index (χ2n) is 14.8. The second-order valence-corrected chi connectivity index (χ2v) is 14.8. The molecule has 5 heterocycles. The molecule has 0 aromatic rings. The monoisotopic (exact) mass is 885 g/mol. The average Bonchev–Trinajstić information content (AvgIpc) is 3.52. The summed E-state index contributed by atoms with van der Waals surface area (Å²) in [5.41, 5.74) is 0. The molecule has 0 bridgehead atoms. The fraction of sp³-hybridized carbons (Fsp3) is 0.969. The number of ether oxygens (including phenoxy) is 9. The Bertz CT molecular complexity index is 1340. The van der Waals surface area contributed by atoms with E-state index < -0.39 is 199 Å². The van der Waals surface area contributed by atoms with Gasteiger partial charge in [0.25, 0.3) is 0 Å². The van der Waals surface area contributed by atoms with E-state index in [4.69, 9.17) is 42.6 Å². The molecule has 0 saturated carbocycles. The molecule has 0 aromatic carbocycles. The van der Waals surface area contributed by atoms with E-state index in [-0.39, 0.29) is 0 Å². The van der Waals surface area contributed by atoms with Crippen LogP contribution in [0.25, 0.3) is 0 Å². The number of carbonyl (C=O) groups excluding carboxylic acids is 1. The van der Waals surface area contributed by atoms with E-state index >= 15 is 0 Å². The highest BCUT2D eigenvalue weighted by atomic mass is 16.8. The van der Waals surface area contributed by atoms with Gasteiger partial charge < -0.3 is 135 Å². The molecule has 5 fully saturated rings. The lowest BCUT2D eigenvalue weighted by Gasteiger charge is -2.49. The standard InChI is InChI=1S/C32H55NO27/c34-1-7(39)24-20(47)23(50)31(57-24)58-25-11(53-28(51)13(17(25)44)33-12(40)5-38)6-52-32-27(60-30-22(49)19(46)15(42)9(3-36)55-30)26(16(43)10(4-37)56-32)59-29-21(48)18(45)14(41)8(2-35)54-29/h7-11,13-32,34-39,41-51H,1-6H2,(H,33,40)/t7-,8+,9-,10-,11+,13-,14-,15+,16+,17+,18-,19+,20-,21+,22-,23-,24+,25+,26+,27-,28-,29-,30+,31+,32-/m1/s1. The molecule has 350 valence electrons. The van der Waals surface area contributed by atoms with Crippen LogP contribution in [0.15, 0.2) is 0 Å². The molecule has 5 rings (SSSR count). The summed E-state index contributed by atoms with van der Waals surface area (Å²) in [5.74, 6) is -1.10. The summed E-state index contributed by atoms with van der Waals surface area (Å²) in [6.45, 7) is -5.79. The van der Waals surface area contributed by atoms with Gasteiger partial charge in [0, 0.05) is 0 Å². The summed E-state index contributed by atoms with van der Waals surface area (Å²) in [6.07, 6.45) is -45.6. The smallest absolute Gasteiger partial charge is 0.246 e. The van der Waals surface area contributed by atoms with E-state index in [1.165, 1.54) is 0 Å². The van der Waals surface area contributed by atoms with Gasteiger partial charge >= 0.3 is 0 Å². The Labute approximate surface area is 338 Å². The van der Waals surface area contributed by atoms with Gasteiger partial charge in [0.15, 0.2) is 31.5 Å². The third-order valence-electron chi connectivity index (χ3n) is 10.8. The Balaban J connectivity index is 1.46. The molecule has 0 unspecified atom stereocenters. The van der Waals surface area contributed by atoms with E-state index in [0.717, 1.165) is 0 Å². The fourth-order valence-corrected chi connectivity index (χ4v) is 7.32. The topological polar surface area (TPSA) is 456 Å². The van der Waals surface area contributed by atoms with Crippen LogP contribution in [0.2, 0.25) is 0 Å². The average molecular weight is 886 g/mol. The Hall–Kier alpha value is -1.57. The van der Waals surface area contributed by atoms with Gasteiger partial charge in [0.1, 0.15) is 129 Å². The summed E-state index contributed by atoms with van der Waals surface area (Å²) in [4.78, 5) is 12.1. The van der Waals surface area contributed by atoms with Crippen LogP contribution in [0.3, 0.4) is 0 Å². The first kappa shape index (κ1) is 49.4. The van der Waals surface area contributed by atoms with Crippen molar-refractivity contribution in [2.45, 2.75) is 153 Å². The maximum atomic E-state index is 12.1. The minimum atomic E-state index is -2.11.